The third-order valence-electron chi connectivity index (χ3n) is 4.12. The highest BCUT2D eigenvalue weighted by Crippen LogP contribution is 2.18. The van der Waals surface area contributed by atoms with Gasteiger partial charge >= 0.3 is 0 Å². The number of aliphatic imine (C=N–C) groups is 1. The third-order valence-corrected chi connectivity index (χ3v) is 4.12. The maximum Gasteiger partial charge on any atom is 0.191 e. The number of nitrogens with zero attached hydrogens (tertiary/aromatic N) is 1. The molecule has 1 heterocycles. The van der Waals surface area contributed by atoms with Gasteiger partial charge in [-0.15, -0.1) is 24.0 Å². The number of guanidine groups is 1. The van der Waals surface area contributed by atoms with E-state index in [0.29, 0.717) is 18.6 Å². The lowest BCUT2D eigenvalue weighted by molar-refractivity contribution is 0.114. The third kappa shape index (κ3) is 8.27. The molecule has 1 saturated heterocycles. The minimum atomic E-state index is 0. The summed E-state index contributed by atoms with van der Waals surface area (Å²) in [6, 6.07) is 8.17. The molecule has 25 heavy (non-hydrogen) atoms. The average molecular weight is 461 g/mol. The smallest absolute Gasteiger partial charge is 0.191 e. The zero-order valence-electron chi connectivity index (χ0n) is 15.6. The standard InChI is InChI=1S/C19H31N3O2.HI/c1-15(2)10-12-24-18-9-5-4-7-16(18)13-21-19(20-3)22-14-17-8-6-11-23-17;/h4-5,7,9,15,17H,6,8,10-14H2,1-3H3,(H2,20,21,22);1H. The molecule has 1 unspecified atom stereocenters. The van der Waals surface area contributed by atoms with E-state index in [1.807, 2.05) is 18.2 Å². The molecule has 0 aliphatic carbocycles. The number of hydrogen-bond acceptors (Lipinski definition) is 3. The van der Waals surface area contributed by atoms with Crippen LogP contribution in [0, 0.1) is 5.92 Å². The normalized spacial score (nSPS) is 17.3. The Morgan fingerprint density at radius 3 is 2.80 bits per heavy atom. The maximum absolute atomic E-state index is 5.93. The quantitative estimate of drug-likeness (QED) is 0.353. The summed E-state index contributed by atoms with van der Waals surface area (Å²) in [5.41, 5.74) is 1.14. The second-order valence-corrected chi connectivity index (χ2v) is 6.58. The van der Waals surface area contributed by atoms with Crippen molar-refractivity contribution < 1.29 is 9.47 Å². The zero-order valence-corrected chi connectivity index (χ0v) is 17.9. The van der Waals surface area contributed by atoms with Gasteiger partial charge in [0.15, 0.2) is 5.96 Å². The minimum absolute atomic E-state index is 0. The van der Waals surface area contributed by atoms with Crippen LogP contribution in [0.15, 0.2) is 29.3 Å². The van der Waals surface area contributed by atoms with Crippen LogP contribution in [0.4, 0.5) is 0 Å². The summed E-state index contributed by atoms with van der Waals surface area (Å²) in [7, 11) is 1.79. The summed E-state index contributed by atoms with van der Waals surface area (Å²) in [5.74, 6) is 2.39. The van der Waals surface area contributed by atoms with Crippen LogP contribution >= 0.6 is 24.0 Å². The molecule has 6 heteroatoms. The van der Waals surface area contributed by atoms with Crippen molar-refractivity contribution >= 4 is 29.9 Å². The van der Waals surface area contributed by atoms with Gasteiger partial charge in [-0.05, 0) is 31.2 Å². The van der Waals surface area contributed by atoms with Crippen molar-refractivity contribution in [3.05, 3.63) is 29.8 Å². The lowest BCUT2D eigenvalue weighted by atomic mass is 10.1. The van der Waals surface area contributed by atoms with Gasteiger partial charge in [0.1, 0.15) is 5.75 Å². The van der Waals surface area contributed by atoms with E-state index in [0.717, 1.165) is 56.3 Å². The van der Waals surface area contributed by atoms with E-state index in [2.05, 4.69) is 35.5 Å². The van der Waals surface area contributed by atoms with Crippen LogP contribution in [-0.2, 0) is 11.3 Å². The number of para-hydroxylation sites is 1. The first-order valence-electron chi connectivity index (χ1n) is 8.96. The van der Waals surface area contributed by atoms with E-state index in [1.54, 1.807) is 7.05 Å². The molecule has 0 radical (unpaired) electrons. The molecule has 5 nitrogen and oxygen atoms in total. The SMILES string of the molecule is CN=C(NCc1ccccc1OCCC(C)C)NCC1CCCO1.I. The second-order valence-electron chi connectivity index (χ2n) is 6.58. The predicted octanol–water partition coefficient (Wildman–Crippen LogP) is 3.57. The first-order chi connectivity index (χ1) is 11.7. The highest BCUT2D eigenvalue weighted by Gasteiger charge is 2.15. The summed E-state index contributed by atoms with van der Waals surface area (Å²) < 4.78 is 11.6. The van der Waals surface area contributed by atoms with Crippen LogP contribution in [0.2, 0.25) is 0 Å². The molecule has 0 saturated carbocycles. The van der Waals surface area contributed by atoms with Crippen molar-refractivity contribution in [2.24, 2.45) is 10.9 Å². The van der Waals surface area contributed by atoms with E-state index in [9.17, 15) is 0 Å². The van der Waals surface area contributed by atoms with Gasteiger partial charge in [0.2, 0.25) is 0 Å². The number of nitrogens with one attached hydrogen (secondary N) is 2. The molecule has 1 aliphatic heterocycles. The Morgan fingerprint density at radius 1 is 1.32 bits per heavy atom. The number of hydrogen-bond donors (Lipinski definition) is 2. The highest BCUT2D eigenvalue weighted by atomic mass is 127. The van der Waals surface area contributed by atoms with E-state index < -0.39 is 0 Å². The van der Waals surface area contributed by atoms with Crippen molar-refractivity contribution in [2.75, 3.05) is 26.8 Å². The Hall–Kier alpha value is -1.02. The van der Waals surface area contributed by atoms with Crippen LogP contribution in [0.3, 0.4) is 0 Å². The Morgan fingerprint density at radius 2 is 2.12 bits per heavy atom. The van der Waals surface area contributed by atoms with Crippen LogP contribution in [0.1, 0.15) is 38.7 Å². The number of rotatable bonds is 8. The Bertz CT molecular complexity index is 517. The summed E-state index contributed by atoms with van der Waals surface area (Å²) in [5, 5.41) is 6.68. The molecule has 1 aliphatic rings. The van der Waals surface area contributed by atoms with Gasteiger partial charge in [0.25, 0.3) is 0 Å². The first kappa shape index (κ1) is 22.0. The maximum atomic E-state index is 5.93. The summed E-state index contributed by atoms with van der Waals surface area (Å²) in [6.07, 6.45) is 3.64. The van der Waals surface area contributed by atoms with Crippen LogP contribution in [0.25, 0.3) is 0 Å². The monoisotopic (exact) mass is 461 g/mol. The van der Waals surface area contributed by atoms with Gasteiger partial charge in [-0.1, -0.05) is 32.0 Å². The molecule has 1 aromatic carbocycles. The molecule has 1 aromatic rings. The van der Waals surface area contributed by atoms with Gasteiger partial charge in [-0.2, -0.15) is 0 Å². The molecule has 2 rings (SSSR count). The zero-order chi connectivity index (χ0) is 17.2. The molecule has 1 fully saturated rings. The molecule has 2 N–H and O–H groups in total. The largest absolute Gasteiger partial charge is 0.493 e. The minimum Gasteiger partial charge on any atom is -0.493 e. The molecule has 0 aromatic heterocycles. The van der Waals surface area contributed by atoms with Crippen LogP contribution in [0.5, 0.6) is 5.75 Å². The molecule has 0 bridgehead atoms. The first-order valence-corrected chi connectivity index (χ1v) is 8.96. The molecular formula is C19H32IN3O2. The summed E-state index contributed by atoms with van der Waals surface area (Å²) >= 11 is 0. The van der Waals surface area contributed by atoms with E-state index in [-0.39, 0.29) is 24.0 Å². The fraction of sp³-hybridized carbons (Fsp3) is 0.632. The fourth-order valence-corrected chi connectivity index (χ4v) is 2.61. The van der Waals surface area contributed by atoms with E-state index in [1.165, 1.54) is 0 Å². The van der Waals surface area contributed by atoms with Crippen molar-refractivity contribution in [3.63, 3.8) is 0 Å². The van der Waals surface area contributed by atoms with Crippen molar-refractivity contribution in [2.45, 2.75) is 45.8 Å². The molecule has 0 amide bonds. The van der Waals surface area contributed by atoms with Gasteiger partial charge in [0.05, 0.1) is 12.7 Å². The molecule has 1 atom stereocenters. The topological polar surface area (TPSA) is 54.9 Å². The Balaban J connectivity index is 0.00000312. The predicted molar refractivity (Wildman–Crippen MR) is 114 cm³/mol. The Kier molecular flexibility index (Phi) is 10.9. The fourth-order valence-electron chi connectivity index (χ4n) is 2.61. The van der Waals surface area contributed by atoms with Crippen molar-refractivity contribution in [3.8, 4) is 5.75 Å². The summed E-state index contributed by atoms with van der Waals surface area (Å²) in [4.78, 5) is 4.28. The molecule has 142 valence electrons. The Labute approximate surface area is 169 Å². The van der Waals surface area contributed by atoms with Crippen molar-refractivity contribution in [1.82, 2.24) is 10.6 Å². The van der Waals surface area contributed by atoms with E-state index in [4.69, 9.17) is 9.47 Å². The van der Waals surface area contributed by atoms with Gasteiger partial charge in [-0.25, -0.2) is 0 Å². The van der Waals surface area contributed by atoms with Gasteiger partial charge < -0.3 is 20.1 Å². The van der Waals surface area contributed by atoms with Crippen LogP contribution in [-0.4, -0.2) is 38.9 Å². The average Bonchev–Trinajstić information content (AvgIpc) is 3.09. The van der Waals surface area contributed by atoms with Gasteiger partial charge in [0, 0.05) is 32.3 Å². The van der Waals surface area contributed by atoms with Gasteiger partial charge in [-0.3, -0.25) is 4.99 Å². The summed E-state index contributed by atoms with van der Waals surface area (Å²) in [6.45, 7) is 7.52. The lowest BCUT2D eigenvalue weighted by Gasteiger charge is -2.17. The lowest BCUT2D eigenvalue weighted by Crippen LogP contribution is -2.40. The number of benzene rings is 1. The number of halogens is 1. The number of ether oxygens (including phenoxy) is 2. The molecular weight excluding hydrogens is 429 g/mol. The van der Waals surface area contributed by atoms with E-state index >= 15 is 0 Å². The molecule has 0 spiro atoms. The van der Waals surface area contributed by atoms with Crippen LogP contribution < -0.4 is 15.4 Å². The highest BCUT2D eigenvalue weighted by molar-refractivity contribution is 14.0. The second kappa shape index (κ2) is 12.4. The van der Waals surface area contributed by atoms with Crippen molar-refractivity contribution in [1.29, 1.82) is 0 Å².